The molecular formula is C10H9BrO. The summed E-state index contributed by atoms with van der Waals surface area (Å²) in [7, 11) is 0. The van der Waals surface area contributed by atoms with Crippen molar-refractivity contribution in [1.29, 1.82) is 0 Å². The van der Waals surface area contributed by atoms with Crippen LogP contribution in [0.4, 0.5) is 0 Å². The zero-order valence-corrected chi connectivity index (χ0v) is 8.13. The minimum absolute atomic E-state index is 0.313. The molecule has 12 heavy (non-hydrogen) atoms. The fourth-order valence-corrected chi connectivity index (χ4v) is 1.37. The van der Waals surface area contributed by atoms with Crippen molar-refractivity contribution in [1.82, 2.24) is 0 Å². The van der Waals surface area contributed by atoms with Crippen LogP contribution < -0.4 is 0 Å². The van der Waals surface area contributed by atoms with Crippen LogP contribution in [-0.2, 0) is 6.42 Å². The summed E-state index contributed by atoms with van der Waals surface area (Å²) in [5.74, 6) is 2.85. The van der Waals surface area contributed by atoms with Crippen LogP contribution in [0.5, 0.6) is 5.75 Å². The van der Waals surface area contributed by atoms with E-state index in [0.717, 1.165) is 16.5 Å². The highest BCUT2D eigenvalue weighted by Crippen LogP contribution is 2.22. The van der Waals surface area contributed by atoms with Crippen LogP contribution in [0.3, 0.4) is 0 Å². The second-order valence-electron chi connectivity index (χ2n) is 2.48. The SMILES string of the molecule is C#CCCc1cc(Br)ccc1O. The minimum atomic E-state index is 0.313. The first-order chi connectivity index (χ1) is 5.74. The van der Waals surface area contributed by atoms with Gasteiger partial charge in [-0.1, -0.05) is 15.9 Å². The molecule has 0 aliphatic rings. The Balaban J connectivity index is 2.84. The Kier molecular flexibility index (Phi) is 3.19. The molecule has 0 saturated heterocycles. The highest BCUT2D eigenvalue weighted by molar-refractivity contribution is 9.10. The molecule has 0 aliphatic heterocycles. The molecule has 1 rings (SSSR count). The number of hydrogen-bond acceptors (Lipinski definition) is 1. The molecule has 0 aliphatic carbocycles. The van der Waals surface area contributed by atoms with E-state index in [4.69, 9.17) is 6.42 Å². The summed E-state index contributed by atoms with van der Waals surface area (Å²) in [5, 5.41) is 9.37. The Bertz CT molecular complexity index is 312. The van der Waals surface area contributed by atoms with Crippen LogP contribution in [0.25, 0.3) is 0 Å². The van der Waals surface area contributed by atoms with E-state index in [1.165, 1.54) is 0 Å². The Morgan fingerprint density at radius 3 is 2.92 bits per heavy atom. The zero-order chi connectivity index (χ0) is 8.97. The summed E-state index contributed by atoms with van der Waals surface area (Å²) >= 11 is 3.33. The van der Waals surface area contributed by atoms with E-state index in [1.807, 2.05) is 6.07 Å². The van der Waals surface area contributed by atoms with Gasteiger partial charge in [0.15, 0.2) is 0 Å². The summed E-state index contributed by atoms with van der Waals surface area (Å²) in [6.45, 7) is 0. The van der Waals surface area contributed by atoms with Crippen LogP contribution in [0, 0.1) is 12.3 Å². The Hall–Kier alpha value is -0.940. The van der Waals surface area contributed by atoms with E-state index in [9.17, 15) is 5.11 Å². The average molecular weight is 225 g/mol. The third kappa shape index (κ3) is 2.28. The van der Waals surface area contributed by atoms with Crippen molar-refractivity contribution in [2.75, 3.05) is 0 Å². The number of hydrogen-bond donors (Lipinski definition) is 1. The van der Waals surface area contributed by atoms with Gasteiger partial charge < -0.3 is 5.11 Å². The van der Waals surface area contributed by atoms with Gasteiger partial charge in [0.2, 0.25) is 0 Å². The fourth-order valence-electron chi connectivity index (χ4n) is 0.961. The average Bonchev–Trinajstić information content (AvgIpc) is 2.07. The first-order valence-corrected chi connectivity index (χ1v) is 4.44. The molecule has 2 heteroatoms. The number of rotatable bonds is 2. The number of phenolic OH excluding ortho intramolecular Hbond substituents is 1. The van der Waals surface area contributed by atoms with Gasteiger partial charge in [0.25, 0.3) is 0 Å². The fraction of sp³-hybridized carbons (Fsp3) is 0.200. The number of terminal acetylenes is 1. The maximum Gasteiger partial charge on any atom is 0.118 e. The third-order valence-electron chi connectivity index (χ3n) is 1.58. The summed E-state index contributed by atoms with van der Waals surface area (Å²) < 4.78 is 0.965. The van der Waals surface area contributed by atoms with Crippen LogP contribution in [0.15, 0.2) is 22.7 Å². The van der Waals surface area contributed by atoms with Gasteiger partial charge in [-0.3, -0.25) is 0 Å². The first kappa shape index (κ1) is 9.15. The molecule has 0 fully saturated rings. The lowest BCUT2D eigenvalue weighted by Crippen LogP contribution is -1.84. The molecule has 0 heterocycles. The van der Waals surface area contributed by atoms with E-state index in [0.29, 0.717) is 12.2 Å². The molecule has 0 spiro atoms. The normalized spacial score (nSPS) is 9.33. The highest BCUT2D eigenvalue weighted by Gasteiger charge is 1.99. The lowest BCUT2D eigenvalue weighted by Gasteiger charge is -2.01. The molecular weight excluding hydrogens is 216 g/mol. The van der Waals surface area contributed by atoms with Crippen molar-refractivity contribution in [3.05, 3.63) is 28.2 Å². The van der Waals surface area contributed by atoms with E-state index in [2.05, 4.69) is 21.9 Å². The van der Waals surface area contributed by atoms with Crippen molar-refractivity contribution in [3.63, 3.8) is 0 Å². The van der Waals surface area contributed by atoms with Crippen molar-refractivity contribution >= 4 is 15.9 Å². The third-order valence-corrected chi connectivity index (χ3v) is 2.07. The maximum atomic E-state index is 9.37. The van der Waals surface area contributed by atoms with Crippen molar-refractivity contribution in [3.8, 4) is 18.1 Å². The van der Waals surface area contributed by atoms with Gasteiger partial charge in [-0.2, -0.15) is 0 Å². The van der Waals surface area contributed by atoms with E-state index in [-0.39, 0.29) is 0 Å². The van der Waals surface area contributed by atoms with E-state index >= 15 is 0 Å². The second-order valence-corrected chi connectivity index (χ2v) is 3.39. The smallest absolute Gasteiger partial charge is 0.118 e. The van der Waals surface area contributed by atoms with Gasteiger partial charge in [-0.25, -0.2) is 0 Å². The van der Waals surface area contributed by atoms with Crippen LogP contribution in [0.1, 0.15) is 12.0 Å². The summed E-state index contributed by atoms with van der Waals surface area (Å²) in [6, 6.07) is 5.34. The van der Waals surface area contributed by atoms with Crippen LogP contribution in [0.2, 0.25) is 0 Å². The topological polar surface area (TPSA) is 20.2 Å². The molecule has 0 amide bonds. The summed E-state index contributed by atoms with van der Waals surface area (Å²) in [6.07, 6.45) is 6.50. The Morgan fingerprint density at radius 1 is 1.50 bits per heavy atom. The standard InChI is InChI=1S/C10H9BrO/c1-2-3-4-8-7-9(11)5-6-10(8)12/h1,5-7,12H,3-4H2. The monoisotopic (exact) mass is 224 g/mol. The van der Waals surface area contributed by atoms with Crippen LogP contribution in [-0.4, -0.2) is 5.11 Å². The molecule has 1 nitrogen and oxygen atoms in total. The molecule has 0 saturated carbocycles. The lowest BCUT2D eigenvalue weighted by molar-refractivity contribution is 0.468. The summed E-state index contributed by atoms with van der Waals surface area (Å²) in [5.41, 5.74) is 0.891. The number of aromatic hydroxyl groups is 1. The molecule has 1 aromatic carbocycles. The number of phenols is 1. The van der Waals surface area contributed by atoms with Gasteiger partial charge in [0.1, 0.15) is 5.75 Å². The van der Waals surface area contributed by atoms with Gasteiger partial charge in [0, 0.05) is 10.9 Å². The maximum absolute atomic E-state index is 9.37. The van der Waals surface area contributed by atoms with Crippen molar-refractivity contribution < 1.29 is 5.11 Å². The number of aryl methyl sites for hydroxylation is 1. The minimum Gasteiger partial charge on any atom is -0.508 e. The lowest BCUT2D eigenvalue weighted by atomic mass is 10.1. The van der Waals surface area contributed by atoms with Gasteiger partial charge in [0.05, 0.1) is 0 Å². The molecule has 1 aromatic rings. The van der Waals surface area contributed by atoms with Crippen LogP contribution >= 0.6 is 15.9 Å². The zero-order valence-electron chi connectivity index (χ0n) is 6.55. The molecule has 62 valence electrons. The van der Waals surface area contributed by atoms with E-state index < -0.39 is 0 Å². The Morgan fingerprint density at radius 2 is 2.25 bits per heavy atom. The predicted molar refractivity (Wildman–Crippen MR) is 53.0 cm³/mol. The molecule has 0 aromatic heterocycles. The second kappa shape index (κ2) is 4.18. The molecule has 0 radical (unpaired) electrons. The quantitative estimate of drug-likeness (QED) is 0.767. The van der Waals surface area contributed by atoms with Crippen molar-refractivity contribution in [2.45, 2.75) is 12.8 Å². The highest BCUT2D eigenvalue weighted by atomic mass is 79.9. The first-order valence-electron chi connectivity index (χ1n) is 3.65. The molecule has 1 N–H and O–H groups in total. The predicted octanol–water partition coefficient (Wildman–Crippen LogP) is 2.72. The van der Waals surface area contributed by atoms with Gasteiger partial charge >= 0.3 is 0 Å². The molecule has 0 bridgehead atoms. The van der Waals surface area contributed by atoms with Gasteiger partial charge in [-0.05, 0) is 30.2 Å². The molecule has 0 atom stereocenters. The van der Waals surface area contributed by atoms with Crippen molar-refractivity contribution in [2.24, 2.45) is 0 Å². The molecule has 0 unspecified atom stereocenters. The number of benzene rings is 1. The Labute approximate surface area is 80.6 Å². The number of halogens is 1. The van der Waals surface area contributed by atoms with Gasteiger partial charge in [-0.15, -0.1) is 12.3 Å². The van der Waals surface area contributed by atoms with E-state index in [1.54, 1.807) is 12.1 Å². The largest absolute Gasteiger partial charge is 0.508 e. The summed E-state index contributed by atoms with van der Waals surface area (Å²) in [4.78, 5) is 0.